The minimum absolute atomic E-state index is 0.274. The highest BCUT2D eigenvalue weighted by atomic mass is 79.9. The molecule has 0 bridgehead atoms. The number of halogens is 2. The third kappa shape index (κ3) is 3.04. The second kappa shape index (κ2) is 6.03. The molecule has 1 unspecified atom stereocenters. The van der Waals surface area contributed by atoms with E-state index in [9.17, 15) is 4.39 Å². The molecule has 0 radical (unpaired) electrons. The molecule has 2 aromatic carbocycles. The summed E-state index contributed by atoms with van der Waals surface area (Å²) < 4.78 is 25.2. The molecule has 1 aliphatic heterocycles. The molecule has 2 N–H and O–H groups in total. The maximum Gasteiger partial charge on any atom is 0.162 e. The lowest BCUT2D eigenvalue weighted by Crippen LogP contribution is -2.13. The minimum Gasteiger partial charge on any atom is -0.490 e. The smallest absolute Gasteiger partial charge is 0.162 e. The lowest BCUT2D eigenvalue weighted by molar-refractivity contribution is 0.297. The van der Waals surface area contributed by atoms with Gasteiger partial charge in [-0.2, -0.15) is 0 Å². The van der Waals surface area contributed by atoms with Crippen molar-refractivity contribution in [2.45, 2.75) is 12.5 Å². The number of hydrogen-bond acceptors (Lipinski definition) is 3. The van der Waals surface area contributed by atoms with E-state index in [0.717, 1.165) is 27.8 Å². The first-order chi connectivity index (χ1) is 10.1. The second-order valence-electron chi connectivity index (χ2n) is 4.90. The van der Waals surface area contributed by atoms with Crippen molar-refractivity contribution in [2.75, 3.05) is 13.2 Å². The third-order valence-electron chi connectivity index (χ3n) is 3.43. The number of fused-ring (bicyclic) bond motifs is 1. The van der Waals surface area contributed by atoms with E-state index in [0.29, 0.717) is 19.0 Å². The zero-order valence-electron chi connectivity index (χ0n) is 11.3. The van der Waals surface area contributed by atoms with Crippen LogP contribution in [0.25, 0.3) is 0 Å². The average molecular weight is 352 g/mol. The van der Waals surface area contributed by atoms with Gasteiger partial charge in [0.2, 0.25) is 0 Å². The molecule has 2 aromatic rings. The standard InChI is InChI=1S/C16H15BrFNO2/c17-13-9-15-14(20-6-1-7-21-15)8-12(13)16(19)10-2-4-11(18)5-3-10/h2-5,8-9,16H,1,6-7,19H2. The highest BCUT2D eigenvalue weighted by Crippen LogP contribution is 2.38. The van der Waals surface area contributed by atoms with Crippen molar-refractivity contribution in [3.8, 4) is 11.5 Å². The zero-order chi connectivity index (χ0) is 14.8. The Kier molecular flexibility index (Phi) is 4.12. The monoisotopic (exact) mass is 351 g/mol. The number of nitrogens with two attached hydrogens (primary N) is 1. The molecule has 0 aliphatic carbocycles. The van der Waals surface area contributed by atoms with E-state index in [1.54, 1.807) is 12.1 Å². The summed E-state index contributed by atoms with van der Waals surface area (Å²) >= 11 is 3.52. The molecule has 3 rings (SSSR count). The van der Waals surface area contributed by atoms with Gasteiger partial charge in [0.1, 0.15) is 5.82 Å². The van der Waals surface area contributed by atoms with Gasteiger partial charge >= 0.3 is 0 Å². The second-order valence-corrected chi connectivity index (χ2v) is 5.75. The molecular formula is C16H15BrFNO2. The summed E-state index contributed by atoms with van der Waals surface area (Å²) in [6.07, 6.45) is 0.853. The maximum atomic E-state index is 13.0. The summed E-state index contributed by atoms with van der Waals surface area (Å²) in [6, 6.07) is 9.60. The van der Waals surface area contributed by atoms with Crippen molar-refractivity contribution < 1.29 is 13.9 Å². The number of benzene rings is 2. The van der Waals surface area contributed by atoms with Crippen LogP contribution in [0, 0.1) is 5.82 Å². The molecule has 0 saturated heterocycles. The van der Waals surface area contributed by atoms with Gasteiger partial charge < -0.3 is 15.2 Å². The van der Waals surface area contributed by atoms with Gasteiger partial charge in [-0.15, -0.1) is 0 Å². The van der Waals surface area contributed by atoms with E-state index in [2.05, 4.69) is 15.9 Å². The summed E-state index contributed by atoms with van der Waals surface area (Å²) in [7, 11) is 0. The first kappa shape index (κ1) is 14.4. The van der Waals surface area contributed by atoms with Crippen molar-refractivity contribution in [1.82, 2.24) is 0 Å². The molecule has 3 nitrogen and oxygen atoms in total. The minimum atomic E-state index is -0.364. The Labute approximate surface area is 131 Å². The van der Waals surface area contributed by atoms with Gasteiger partial charge in [-0.05, 0) is 35.4 Å². The van der Waals surface area contributed by atoms with Crippen molar-refractivity contribution in [1.29, 1.82) is 0 Å². The van der Waals surface area contributed by atoms with Crippen LogP contribution in [0.4, 0.5) is 4.39 Å². The molecule has 5 heteroatoms. The van der Waals surface area contributed by atoms with Gasteiger partial charge in [0.05, 0.1) is 19.3 Å². The Morgan fingerprint density at radius 1 is 1.05 bits per heavy atom. The Balaban J connectivity index is 1.97. The Morgan fingerprint density at radius 3 is 2.33 bits per heavy atom. The molecule has 1 aliphatic rings. The maximum absolute atomic E-state index is 13.0. The van der Waals surface area contributed by atoms with Crippen molar-refractivity contribution >= 4 is 15.9 Å². The Hall–Kier alpha value is -1.59. The Morgan fingerprint density at radius 2 is 1.67 bits per heavy atom. The van der Waals surface area contributed by atoms with Gasteiger partial charge in [-0.1, -0.05) is 28.1 Å². The van der Waals surface area contributed by atoms with Crippen LogP contribution in [0.15, 0.2) is 40.9 Å². The quantitative estimate of drug-likeness (QED) is 0.894. The molecule has 0 saturated carbocycles. The topological polar surface area (TPSA) is 44.5 Å². The van der Waals surface area contributed by atoms with Crippen LogP contribution in [0.3, 0.4) is 0 Å². The predicted molar refractivity (Wildman–Crippen MR) is 82.2 cm³/mol. The summed E-state index contributed by atoms with van der Waals surface area (Å²) in [5.41, 5.74) is 8.01. The van der Waals surface area contributed by atoms with Crippen LogP contribution in [0.5, 0.6) is 11.5 Å². The molecule has 1 atom stereocenters. The van der Waals surface area contributed by atoms with Gasteiger partial charge in [0, 0.05) is 10.9 Å². The third-order valence-corrected chi connectivity index (χ3v) is 4.12. The molecule has 0 fully saturated rings. The van der Waals surface area contributed by atoms with Gasteiger partial charge in [0.25, 0.3) is 0 Å². The summed E-state index contributed by atoms with van der Waals surface area (Å²) in [4.78, 5) is 0. The largest absolute Gasteiger partial charge is 0.490 e. The molecule has 0 aromatic heterocycles. The fraction of sp³-hybridized carbons (Fsp3) is 0.250. The first-order valence-electron chi connectivity index (χ1n) is 6.75. The van der Waals surface area contributed by atoms with Crippen LogP contribution in [0.1, 0.15) is 23.6 Å². The fourth-order valence-electron chi connectivity index (χ4n) is 2.29. The number of rotatable bonds is 2. The summed E-state index contributed by atoms with van der Waals surface area (Å²) in [5, 5.41) is 0. The van der Waals surface area contributed by atoms with Crippen molar-refractivity contribution in [2.24, 2.45) is 5.73 Å². The lowest BCUT2D eigenvalue weighted by Gasteiger charge is -2.17. The van der Waals surface area contributed by atoms with Crippen LogP contribution in [-0.4, -0.2) is 13.2 Å². The number of hydrogen-bond donors (Lipinski definition) is 1. The normalized spacial score (nSPS) is 15.4. The van der Waals surface area contributed by atoms with E-state index in [-0.39, 0.29) is 11.9 Å². The fourth-order valence-corrected chi connectivity index (χ4v) is 2.86. The molecule has 0 spiro atoms. The predicted octanol–water partition coefficient (Wildman–Crippen LogP) is 3.80. The summed E-state index contributed by atoms with van der Waals surface area (Å²) in [5.74, 6) is 1.14. The Bertz CT molecular complexity index is 645. The van der Waals surface area contributed by atoms with Gasteiger partial charge in [-0.25, -0.2) is 4.39 Å². The summed E-state index contributed by atoms with van der Waals surface area (Å²) in [6.45, 7) is 1.27. The highest BCUT2D eigenvalue weighted by molar-refractivity contribution is 9.10. The molecular weight excluding hydrogens is 337 g/mol. The SMILES string of the molecule is NC(c1ccc(F)cc1)c1cc2c(cc1Br)OCCCO2. The van der Waals surface area contributed by atoms with Crippen LogP contribution >= 0.6 is 15.9 Å². The molecule has 1 heterocycles. The van der Waals surface area contributed by atoms with Crippen LogP contribution in [-0.2, 0) is 0 Å². The van der Waals surface area contributed by atoms with Gasteiger partial charge in [-0.3, -0.25) is 0 Å². The zero-order valence-corrected chi connectivity index (χ0v) is 12.9. The van der Waals surface area contributed by atoms with E-state index in [4.69, 9.17) is 15.2 Å². The number of ether oxygens (including phenoxy) is 2. The highest BCUT2D eigenvalue weighted by Gasteiger charge is 2.18. The van der Waals surface area contributed by atoms with Crippen LogP contribution in [0.2, 0.25) is 0 Å². The van der Waals surface area contributed by atoms with E-state index < -0.39 is 0 Å². The van der Waals surface area contributed by atoms with Crippen molar-refractivity contribution in [3.63, 3.8) is 0 Å². The van der Waals surface area contributed by atoms with E-state index in [1.807, 2.05) is 12.1 Å². The van der Waals surface area contributed by atoms with E-state index >= 15 is 0 Å². The first-order valence-corrected chi connectivity index (χ1v) is 7.54. The van der Waals surface area contributed by atoms with Crippen LogP contribution < -0.4 is 15.2 Å². The lowest BCUT2D eigenvalue weighted by atomic mass is 9.99. The average Bonchev–Trinajstić information content (AvgIpc) is 2.71. The van der Waals surface area contributed by atoms with E-state index in [1.165, 1.54) is 12.1 Å². The molecule has 110 valence electrons. The molecule has 0 amide bonds. The molecule has 21 heavy (non-hydrogen) atoms. The van der Waals surface area contributed by atoms with Gasteiger partial charge in [0.15, 0.2) is 11.5 Å². The van der Waals surface area contributed by atoms with Crippen molar-refractivity contribution in [3.05, 3.63) is 57.8 Å².